The van der Waals surface area contributed by atoms with Crippen LogP contribution in [-0.2, 0) is 0 Å². The van der Waals surface area contributed by atoms with Crippen molar-refractivity contribution in [2.24, 2.45) is 11.1 Å². The molecule has 1 aliphatic heterocycles. The van der Waals surface area contributed by atoms with Crippen LogP contribution in [-0.4, -0.2) is 40.6 Å². The Balaban J connectivity index is 1.41. The summed E-state index contributed by atoms with van der Waals surface area (Å²) < 4.78 is 7.61. The van der Waals surface area contributed by atoms with Crippen LogP contribution in [0.2, 0.25) is 0 Å². The predicted molar refractivity (Wildman–Crippen MR) is 116 cm³/mol. The smallest absolute Gasteiger partial charge is 0.211 e. The van der Waals surface area contributed by atoms with Gasteiger partial charge in [0.05, 0.1) is 16.9 Å². The van der Waals surface area contributed by atoms with Gasteiger partial charge in [-0.2, -0.15) is 0 Å². The molecule has 5 rings (SSSR count). The number of benzene rings is 1. The lowest BCUT2D eigenvalue weighted by Crippen LogP contribution is -2.47. The number of piperidine rings is 1. The number of anilines is 1. The molecule has 3 aromatic rings. The zero-order chi connectivity index (χ0) is 19.8. The first kappa shape index (κ1) is 18.8. The molecule has 1 aromatic carbocycles. The number of fused-ring (bicyclic) bond motifs is 1. The van der Waals surface area contributed by atoms with Gasteiger partial charge in [0, 0.05) is 37.7 Å². The summed E-state index contributed by atoms with van der Waals surface area (Å²) in [6.07, 6.45) is 11.9. The maximum absolute atomic E-state index is 6.46. The van der Waals surface area contributed by atoms with Crippen LogP contribution in [0, 0.1) is 5.41 Å². The Bertz CT molecular complexity index is 1010. The molecule has 7 heteroatoms. The number of aromatic nitrogens is 3. The standard InChI is InChI=1S/C22H27N5OS/c1-28-16-5-2-3-6-17(16)29-18-15-25-21(27-14-11-24-20(18)27)26-12-9-22(10-13-26)8-4-7-19(22)23/h2-3,5-6,11,14-15,19H,4,7-10,12-13,23H2,1H3/t19-/m1/s1. The van der Waals surface area contributed by atoms with Gasteiger partial charge in [-0.3, -0.25) is 4.40 Å². The highest BCUT2D eigenvalue weighted by atomic mass is 32.2. The van der Waals surface area contributed by atoms with Gasteiger partial charge in [-0.1, -0.05) is 30.3 Å². The van der Waals surface area contributed by atoms with Crippen molar-refractivity contribution in [3.05, 3.63) is 42.9 Å². The first-order chi connectivity index (χ1) is 14.2. The summed E-state index contributed by atoms with van der Waals surface area (Å²) in [5.74, 6) is 1.84. The summed E-state index contributed by atoms with van der Waals surface area (Å²) in [4.78, 5) is 13.9. The highest BCUT2D eigenvalue weighted by Crippen LogP contribution is 2.46. The summed E-state index contributed by atoms with van der Waals surface area (Å²) in [5.41, 5.74) is 7.74. The molecule has 6 nitrogen and oxygen atoms in total. The van der Waals surface area contributed by atoms with E-state index in [2.05, 4.69) is 20.4 Å². The third kappa shape index (κ3) is 3.26. The number of rotatable bonds is 4. The van der Waals surface area contributed by atoms with Gasteiger partial charge in [-0.05, 0) is 43.2 Å². The SMILES string of the molecule is COc1ccccc1Sc1cnc(N2CCC3(CCC[C@H]3N)CC2)n2ccnc12. The van der Waals surface area contributed by atoms with Gasteiger partial charge in [-0.25, -0.2) is 9.97 Å². The molecule has 0 amide bonds. The summed E-state index contributed by atoms with van der Waals surface area (Å²) in [5, 5.41) is 0. The largest absolute Gasteiger partial charge is 0.496 e. The fraction of sp³-hybridized carbons (Fsp3) is 0.455. The number of hydrogen-bond donors (Lipinski definition) is 1. The third-order valence-corrected chi connectivity index (χ3v) is 7.75. The van der Waals surface area contributed by atoms with E-state index in [9.17, 15) is 0 Å². The van der Waals surface area contributed by atoms with Crippen LogP contribution in [0.1, 0.15) is 32.1 Å². The average molecular weight is 410 g/mol. The van der Waals surface area contributed by atoms with E-state index in [-0.39, 0.29) is 0 Å². The minimum Gasteiger partial charge on any atom is -0.496 e. The lowest BCUT2D eigenvalue weighted by atomic mass is 9.74. The molecule has 3 heterocycles. The second-order valence-corrected chi connectivity index (χ2v) is 9.23. The van der Waals surface area contributed by atoms with Gasteiger partial charge in [0.25, 0.3) is 0 Å². The third-order valence-electron chi connectivity index (χ3n) is 6.68. The molecule has 1 atom stereocenters. The van der Waals surface area contributed by atoms with Crippen molar-refractivity contribution in [1.29, 1.82) is 0 Å². The Labute approximate surface area is 175 Å². The van der Waals surface area contributed by atoms with Crippen LogP contribution >= 0.6 is 11.8 Å². The first-order valence-electron chi connectivity index (χ1n) is 10.3. The molecule has 0 unspecified atom stereocenters. The van der Waals surface area contributed by atoms with Gasteiger partial charge in [-0.15, -0.1) is 0 Å². The molecular weight excluding hydrogens is 382 g/mol. The number of imidazole rings is 1. The normalized spacial score (nSPS) is 21.2. The van der Waals surface area contributed by atoms with Crippen molar-refractivity contribution >= 4 is 23.4 Å². The number of hydrogen-bond acceptors (Lipinski definition) is 6. The second-order valence-electron chi connectivity index (χ2n) is 8.14. The Morgan fingerprint density at radius 1 is 1.14 bits per heavy atom. The maximum Gasteiger partial charge on any atom is 0.211 e. The molecule has 1 aliphatic carbocycles. The number of nitrogens with zero attached hydrogens (tertiary/aromatic N) is 4. The summed E-state index contributed by atoms with van der Waals surface area (Å²) in [6.45, 7) is 2.01. The summed E-state index contributed by atoms with van der Waals surface area (Å²) in [6, 6.07) is 8.41. The van der Waals surface area contributed by atoms with Gasteiger partial charge >= 0.3 is 0 Å². The van der Waals surface area contributed by atoms with Gasteiger partial charge < -0.3 is 15.4 Å². The molecule has 2 N–H and O–H groups in total. The quantitative estimate of drug-likeness (QED) is 0.703. The maximum atomic E-state index is 6.46. The van der Waals surface area contributed by atoms with Crippen molar-refractivity contribution in [2.75, 3.05) is 25.1 Å². The molecular formula is C22H27N5OS. The highest BCUT2D eigenvalue weighted by molar-refractivity contribution is 7.99. The molecule has 2 fully saturated rings. The van der Waals surface area contributed by atoms with Crippen molar-refractivity contribution < 1.29 is 4.74 Å². The van der Waals surface area contributed by atoms with Gasteiger partial charge in [0.2, 0.25) is 5.95 Å². The monoisotopic (exact) mass is 409 g/mol. The van der Waals surface area contributed by atoms with Crippen molar-refractivity contribution in [3.8, 4) is 5.75 Å². The van der Waals surface area contributed by atoms with Crippen LogP contribution in [0.5, 0.6) is 5.75 Å². The van der Waals surface area contributed by atoms with Crippen LogP contribution in [0.25, 0.3) is 5.65 Å². The minimum absolute atomic E-state index is 0.351. The van der Waals surface area contributed by atoms with E-state index in [0.717, 1.165) is 53.1 Å². The molecule has 2 aliphatic rings. The fourth-order valence-electron chi connectivity index (χ4n) is 4.95. The Hall–Kier alpha value is -2.25. The lowest BCUT2D eigenvalue weighted by molar-refractivity contribution is 0.197. The highest BCUT2D eigenvalue weighted by Gasteiger charge is 2.43. The van der Waals surface area contributed by atoms with E-state index in [1.807, 2.05) is 36.8 Å². The lowest BCUT2D eigenvalue weighted by Gasteiger charge is -2.42. The molecule has 0 radical (unpaired) electrons. The van der Waals surface area contributed by atoms with Gasteiger partial charge in [0.15, 0.2) is 5.65 Å². The van der Waals surface area contributed by atoms with Crippen molar-refractivity contribution in [2.45, 2.75) is 47.9 Å². The number of para-hydroxylation sites is 1. The Morgan fingerprint density at radius 3 is 2.72 bits per heavy atom. The van der Waals surface area contributed by atoms with Crippen LogP contribution in [0.4, 0.5) is 5.95 Å². The van der Waals surface area contributed by atoms with Crippen molar-refractivity contribution in [1.82, 2.24) is 14.4 Å². The second kappa shape index (κ2) is 7.54. The van der Waals surface area contributed by atoms with Crippen molar-refractivity contribution in [3.63, 3.8) is 0 Å². The number of ether oxygens (including phenoxy) is 1. The van der Waals surface area contributed by atoms with E-state index >= 15 is 0 Å². The zero-order valence-electron chi connectivity index (χ0n) is 16.8. The Morgan fingerprint density at radius 2 is 1.97 bits per heavy atom. The predicted octanol–water partition coefficient (Wildman–Crippen LogP) is 3.99. The molecule has 29 heavy (non-hydrogen) atoms. The molecule has 1 saturated heterocycles. The van der Waals surface area contributed by atoms with E-state index in [1.165, 1.54) is 19.3 Å². The molecule has 1 spiro atoms. The van der Waals surface area contributed by atoms with Crippen LogP contribution in [0.3, 0.4) is 0 Å². The van der Waals surface area contributed by atoms with E-state index in [1.54, 1.807) is 18.9 Å². The summed E-state index contributed by atoms with van der Waals surface area (Å²) >= 11 is 1.64. The fourth-order valence-corrected chi connectivity index (χ4v) is 5.93. The average Bonchev–Trinajstić information content (AvgIpc) is 3.38. The molecule has 2 aromatic heterocycles. The van der Waals surface area contributed by atoms with E-state index in [4.69, 9.17) is 15.5 Å². The molecule has 1 saturated carbocycles. The first-order valence-corrected chi connectivity index (χ1v) is 11.2. The number of methoxy groups -OCH3 is 1. The number of nitrogens with two attached hydrogens (primary N) is 1. The topological polar surface area (TPSA) is 68.7 Å². The molecule has 152 valence electrons. The van der Waals surface area contributed by atoms with Gasteiger partial charge in [0.1, 0.15) is 5.75 Å². The summed E-state index contributed by atoms with van der Waals surface area (Å²) in [7, 11) is 1.70. The minimum atomic E-state index is 0.351. The Kier molecular flexibility index (Phi) is 4.87. The van der Waals surface area contributed by atoms with E-state index in [0.29, 0.717) is 11.5 Å². The van der Waals surface area contributed by atoms with Crippen LogP contribution < -0.4 is 15.4 Å². The van der Waals surface area contributed by atoms with Crippen LogP contribution in [0.15, 0.2) is 52.6 Å². The molecule has 0 bridgehead atoms. The van der Waals surface area contributed by atoms with E-state index < -0.39 is 0 Å². The zero-order valence-corrected chi connectivity index (χ0v) is 17.6.